The van der Waals surface area contributed by atoms with Crippen LogP contribution in [-0.4, -0.2) is 41.6 Å². The van der Waals surface area contributed by atoms with E-state index in [2.05, 4.69) is 59.0 Å². The van der Waals surface area contributed by atoms with Crippen LogP contribution in [0.15, 0.2) is 79.0 Å². The largest absolute Gasteiger partial charge is 0.368 e. The Hall–Kier alpha value is -2.95. The van der Waals surface area contributed by atoms with Crippen LogP contribution in [-0.2, 0) is 11.3 Å². The molecule has 6 heteroatoms. The monoisotopic (exact) mass is 505 g/mol. The summed E-state index contributed by atoms with van der Waals surface area (Å²) in [5.74, 6) is 0.110. The van der Waals surface area contributed by atoms with Crippen LogP contribution in [0.5, 0.6) is 0 Å². The summed E-state index contributed by atoms with van der Waals surface area (Å²) in [6, 6.07) is 24.3. The summed E-state index contributed by atoms with van der Waals surface area (Å²) in [5, 5.41) is 2.61. The number of amides is 1. The lowest BCUT2D eigenvalue weighted by Gasteiger charge is -2.36. The lowest BCUT2D eigenvalue weighted by Crippen LogP contribution is -2.49. The number of carbonyl (C=O) groups is 1. The smallest absolute Gasteiger partial charge is 0.223 e. The maximum Gasteiger partial charge on any atom is 0.223 e. The van der Waals surface area contributed by atoms with E-state index < -0.39 is 0 Å². The third kappa shape index (κ3) is 5.05. The lowest BCUT2D eigenvalue weighted by atomic mass is 9.87. The molecule has 0 N–H and O–H groups in total. The molecule has 4 nitrogen and oxygen atoms in total. The van der Waals surface area contributed by atoms with E-state index in [9.17, 15) is 4.79 Å². The molecule has 3 aromatic carbocycles. The number of benzene rings is 3. The fourth-order valence-electron chi connectivity index (χ4n) is 5.14. The average molecular weight is 506 g/mol. The number of fused-ring (bicyclic) bond motifs is 1. The van der Waals surface area contributed by atoms with Crippen LogP contribution in [0, 0.1) is 0 Å². The van der Waals surface area contributed by atoms with Crippen molar-refractivity contribution >= 4 is 45.7 Å². The molecular formula is C29H29Cl2N3O. The molecule has 1 aliphatic heterocycles. The van der Waals surface area contributed by atoms with Crippen molar-refractivity contribution in [3.8, 4) is 0 Å². The molecule has 35 heavy (non-hydrogen) atoms. The first-order valence-corrected chi connectivity index (χ1v) is 12.9. The second-order valence-corrected chi connectivity index (χ2v) is 9.92. The second kappa shape index (κ2) is 10.3. The Balaban J connectivity index is 1.40. The molecule has 180 valence electrons. The van der Waals surface area contributed by atoms with Crippen LogP contribution in [0.2, 0.25) is 10.0 Å². The molecule has 1 atom stereocenters. The first-order chi connectivity index (χ1) is 17.0. The highest BCUT2D eigenvalue weighted by molar-refractivity contribution is 6.31. The number of aryl methyl sites for hydroxylation is 1. The Labute approximate surface area is 216 Å². The highest BCUT2D eigenvalue weighted by atomic mass is 35.5. The van der Waals surface area contributed by atoms with Crippen LogP contribution < -0.4 is 4.90 Å². The SMILES string of the molecule is CCn1cc(C(CC(=O)N2CCN(c3cccc(Cl)c3)CC2)c2cccc(Cl)c2)c2ccccc21. The van der Waals surface area contributed by atoms with Gasteiger partial charge in [0.2, 0.25) is 5.91 Å². The van der Waals surface area contributed by atoms with Gasteiger partial charge in [-0.25, -0.2) is 0 Å². The topological polar surface area (TPSA) is 28.5 Å². The molecule has 1 unspecified atom stereocenters. The van der Waals surface area contributed by atoms with Crippen LogP contribution in [0.3, 0.4) is 0 Å². The van der Waals surface area contributed by atoms with Gasteiger partial charge >= 0.3 is 0 Å². The molecule has 0 radical (unpaired) electrons. The molecule has 4 aromatic rings. The zero-order valence-electron chi connectivity index (χ0n) is 19.8. The molecule has 0 spiro atoms. The van der Waals surface area contributed by atoms with Gasteiger partial charge in [-0.05, 0) is 54.4 Å². The van der Waals surface area contributed by atoms with Gasteiger partial charge in [0.1, 0.15) is 0 Å². The van der Waals surface area contributed by atoms with Crippen molar-refractivity contribution in [1.29, 1.82) is 0 Å². The lowest BCUT2D eigenvalue weighted by molar-refractivity contribution is -0.131. The van der Waals surface area contributed by atoms with Gasteiger partial charge in [-0.1, -0.05) is 59.6 Å². The first-order valence-electron chi connectivity index (χ1n) is 12.1. The normalized spacial score (nSPS) is 14.9. The maximum atomic E-state index is 13.6. The van der Waals surface area contributed by atoms with Crippen molar-refractivity contribution in [1.82, 2.24) is 9.47 Å². The molecule has 1 amide bonds. The number of rotatable bonds is 6. The molecule has 1 fully saturated rings. The van der Waals surface area contributed by atoms with Crippen molar-refractivity contribution in [2.24, 2.45) is 0 Å². The number of carbonyl (C=O) groups excluding carboxylic acids is 1. The van der Waals surface area contributed by atoms with Gasteiger partial charge in [0.05, 0.1) is 0 Å². The zero-order valence-corrected chi connectivity index (χ0v) is 21.3. The highest BCUT2D eigenvalue weighted by Crippen LogP contribution is 2.36. The first kappa shape index (κ1) is 23.8. The zero-order chi connectivity index (χ0) is 24.4. The number of aromatic nitrogens is 1. The highest BCUT2D eigenvalue weighted by Gasteiger charge is 2.27. The second-order valence-electron chi connectivity index (χ2n) is 9.05. The Kier molecular flexibility index (Phi) is 7.03. The third-order valence-corrected chi connectivity index (χ3v) is 7.44. The Bertz CT molecular complexity index is 1340. The average Bonchev–Trinajstić information content (AvgIpc) is 3.26. The third-order valence-electron chi connectivity index (χ3n) is 6.97. The fourth-order valence-corrected chi connectivity index (χ4v) is 5.52. The molecule has 0 saturated carbocycles. The van der Waals surface area contributed by atoms with Crippen molar-refractivity contribution in [3.05, 3.63) is 100 Å². The Morgan fingerprint density at radius 3 is 2.31 bits per heavy atom. The van der Waals surface area contributed by atoms with Gasteiger partial charge in [0.15, 0.2) is 0 Å². The summed E-state index contributed by atoms with van der Waals surface area (Å²) < 4.78 is 2.26. The Morgan fingerprint density at radius 2 is 1.60 bits per heavy atom. The summed E-state index contributed by atoms with van der Waals surface area (Å²) in [6.07, 6.45) is 2.62. The number of para-hydroxylation sites is 1. The van der Waals surface area contributed by atoms with Crippen LogP contribution in [0.1, 0.15) is 30.4 Å². The van der Waals surface area contributed by atoms with Gasteiger partial charge in [0, 0.05) is 77.9 Å². The standard InChI is InChI=1S/C29H29Cl2N3O/c1-2-32-20-27(25-11-3-4-12-28(25)32)26(21-7-5-8-22(30)17-21)19-29(35)34-15-13-33(14-16-34)24-10-6-9-23(31)18-24/h3-12,17-18,20,26H,2,13-16,19H2,1H3. The minimum atomic E-state index is -0.0649. The Morgan fingerprint density at radius 1 is 0.886 bits per heavy atom. The van der Waals surface area contributed by atoms with Crippen molar-refractivity contribution < 1.29 is 4.79 Å². The van der Waals surface area contributed by atoms with Gasteiger partial charge < -0.3 is 14.4 Å². The molecule has 2 heterocycles. The number of hydrogen-bond donors (Lipinski definition) is 0. The summed E-state index contributed by atoms with van der Waals surface area (Å²) in [4.78, 5) is 17.9. The van der Waals surface area contributed by atoms with Crippen LogP contribution in [0.4, 0.5) is 5.69 Å². The van der Waals surface area contributed by atoms with Crippen molar-refractivity contribution in [2.75, 3.05) is 31.1 Å². The minimum absolute atomic E-state index is 0.0649. The number of piperazine rings is 1. The van der Waals surface area contributed by atoms with E-state index in [1.165, 1.54) is 16.5 Å². The van der Waals surface area contributed by atoms with Crippen molar-refractivity contribution in [2.45, 2.75) is 25.8 Å². The van der Waals surface area contributed by atoms with Gasteiger partial charge in [-0.3, -0.25) is 4.79 Å². The molecule has 5 rings (SSSR count). The van der Waals surface area contributed by atoms with Crippen molar-refractivity contribution in [3.63, 3.8) is 0 Å². The van der Waals surface area contributed by atoms with E-state index in [1.807, 2.05) is 41.3 Å². The number of halogens is 2. The van der Waals surface area contributed by atoms with Gasteiger partial charge in [-0.2, -0.15) is 0 Å². The molecule has 1 aliphatic rings. The quantitative estimate of drug-likeness (QED) is 0.287. The minimum Gasteiger partial charge on any atom is -0.368 e. The van der Waals surface area contributed by atoms with E-state index in [0.29, 0.717) is 24.5 Å². The van der Waals surface area contributed by atoms with Crippen LogP contribution in [0.25, 0.3) is 10.9 Å². The van der Waals surface area contributed by atoms with Gasteiger partial charge in [0.25, 0.3) is 0 Å². The maximum absolute atomic E-state index is 13.6. The van der Waals surface area contributed by atoms with Gasteiger partial charge in [-0.15, -0.1) is 0 Å². The summed E-state index contributed by atoms with van der Waals surface area (Å²) >= 11 is 12.6. The summed E-state index contributed by atoms with van der Waals surface area (Å²) in [6.45, 7) is 6.01. The number of hydrogen-bond acceptors (Lipinski definition) is 2. The fraction of sp³-hybridized carbons (Fsp3) is 0.276. The van der Waals surface area contributed by atoms with E-state index in [0.717, 1.165) is 35.9 Å². The van der Waals surface area contributed by atoms with Crippen LogP contribution >= 0.6 is 23.2 Å². The number of anilines is 1. The summed E-state index contributed by atoms with van der Waals surface area (Å²) in [5.41, 5.74) is 4.55. The summed E-state index contributed by atoms with van der Waals surface area (Å²) in [7, 11) is 0. The van der Waals surface area contributed by atoms with E-state index >= 15 is 0 Å². The molecule has 0 aliphatic carbocycles. The van der Waals surface area contributed by atoms with E-state index in [-0.39, 0.29) is 11.8 Å². The predicted octanol–water partition coefficient (Wildman–Crippen LogP) is 6.84. The molecule has 1 saturated heterocycles. The molecular weight excluding hydrogens is 477 g/mol. The predicted molar refractivity (Wildman–Crippen MR) is 146 cm³/mol. The van der Waals surface area contributed by atoms with E-state index in [4.69, 9.17) is 23.2 Å². The molecule has 0 bridgehead atoms. The molecule has 1 aromatic heterocycles. The van der Waals surface area contributed by atoms with E-state index in [1.54, 1.807) is 0 Å². The number of nitrogens with zero attached hydrogens (tertiary/aromatic N) is 3.